The lowest BCUT2D eigenvalue weighted by molar-refractivity contribution is -0.0123. The molecule has 2 aromatic rings. The molecule has 0 radical (unpaired) electrons. The Bertz CT molecular complexity index is 1210. The van der Waals surface area contributed by atoms with Crippen LogP contribution in [0.5, 0.6) is 0 Å². The number of rotatable bonds is 22. The molecule has 0 N–H and O–H groups in total. The van der Waals surface area contributed by atoms with Crippen molar-refractivity contribution in [3.63, 3.8) is 0 Å². The van der Waals surface area contributed by atoms with E-state index in [1.165, 1.54) is 30.2 Å². The Kier molecular flexibility index (Phi) is 17.8. The van der Waals surface area contributed by atoms with Crippen molar-refractivity contribution < 1.29 is 33.3 Å². The SMILES string of the molecule is C=COCOCCCCCCc1ccc(C(=O)OC2CCC(C3CCC(OC(=O)c4ccc(CCCCCCOC)cc4)CC3)CC2)cc1. The van der Waals surface area contributed by atoms with Gasteiger partial charge in [0.2, 0.25) is 0 Å². The summed E-state index contributed by atoms with van der Waals surface area (Å²) in [6.07, 6.45) is 20.7. The molecular weight excluding hydrogens is 616 g/mol. The fourth-order valence-corrected chi connectivity index (χ4v) is 7.38. The molecule has 0 amide bonds. The summed E-state index contributed by atoms with van der Waals surface area (Å²) in [5, 5.41) is 0. The Morgan fingerprint density at radius 2 is 1.04 bits per heavy atom. The van der Waals surface area contributed by atoms with Crippen LogP contribution in [0.3, 0.4) is 0 Å². The van der Waals surface area contributed by atoms with Gasteiger partial charge in [-0.25, -0.2) is 9.59 Å². The summed E-state index contributed by atoms with van der Waals surface area (Å²) >= 11 is 0. The minimum Gasteiger partial charge on any atom is -0.476 e. The molecule has 2 fully saturated rings. The Morgan fingerprint density at radius 3 is 1.47 bits per heavy atom. The zero-order valence-electron chi connectivity index (χ0n) is 29.9. The number of hydrogen-bond acceptors (Lipinski definition) is 7. The quantitative estimate of drug-likeness (QED) is 0.0532. The standard InChI is InChI=1S/C42H60O7/c1-3-46-32-47-31-11-7-5-9-13-34-16-20-38(21-17-34)42(44)49-40-28-24-36(25-29-40)35-22-26-39(27-23-35)48-41(43)37-18-14-33(15-19-37)12-8-4-6-10-30-45-2/h3,14-21,35-36,39-40H,1,4-13,22-32H2,2H3. The number of methoxy groups -OCH3 is 1. The molecule has 2 saturated carbocycles. The second-order valence-corrected chi connectivity index (χ2v) is 14.0. The number of unbranched alkanes of at least 4 members (excludes halogenated alkanes) is 6. The fourth-order valence-electron chi connectivity index (χ4n) is 7.38. The second kappa shape index (κ2) is 22.5. The molecule has 0 unspecified atom stereocenters. The van der Waals surface area contributed by atoms with Crippen LogP contribution in [-0.4, -0.2) is 51.3 Å². The number of hydrogen-bond donors (Lipinski definition) is 0. The van der Waals surface area contributed by atoms with Crippen LogP contribution in [-0.2, 0) is 36.5 Å². The zero-order chi connectivity index (χ0) is 34.5. The number of ether oxygens (including phenoxy) is 5. The minimum absolute atomic E-state index is 0.000295. The molecular formula is C42H60O7. The van der Waals surface area contributed by atoms with Gasteiger partial charge in [-0.05, 0) is 137 Å². The molecule has 270 valence electrons. The average Bonchev–Trinajstić information content (AvgIpc) is 3.13. The molecule has 0 saturated heterocycles. The third-order valence-corrected chi connectivity index (χ3v) is 10.4. The van der Waals surface area contributed by atoms with Gasteiger partial charge in [-0.2, -0.15) is 0 Å². The van der Waals surface area contributed by atoms with E-state index in [0.29, 0.717) is 29.6 Å². The minimum atomic E-state index is -0.207. The fraction of sp³-hybridized carbons (Fsp3) is 0.619. The summed E-state index contributed by atoms with van der Waals surface area (Å²) in [5.74, 6) is 0.923. The van der Waals surface area contributed by atoms with Crippen molar-refractivity contribution in [3.8, 4) is 0 Å². The predicted molar refractivity (Wildman–Crippen MR) is 194 cm³/mol. The van der Waals surface area contributed by atoms with Gasteiger partial charge in [-0.1, -0.05) is 56.5 Å². The molecule has 2 aromatic carbocycles. The van der Waals surface area contributed by atoms with Crippen molar-refractivity contribution in [1.29, 1.82) is 0 Å². The zero-order valence-corrected chi connectivity index (χ0v) is 29.9. The van der Waals surface area contributed by atoms with E-state index in [0.717, 1.165) is 109 Å². The van der Waals surface area contributed by atoms with Crippen molar-refractivity contribution in [1.82, 2.24) is 0 Å². The van der Waals surface area contributed by atoms with Crippen molar-refractivity contribution in [2.75, 3.05) is 27.1 Å². The van der Waals surface area contributed by atoms with E-state index in [-0.39, 0.29) is 30.9 Å². The van der Waals surface area contributed by atoms with Crippen molar-refractivity contribution in [2.24, 2.45) is 11.8 Å². The van der Waals surface area contributed by atoms with Crippen LogP contribution in [0.1, 0.15) is 135 Å². The van der Waals surface area contributed by atoms with Gasteiger partial charge in [0.25, 0.3) is 0 Å². The smallest absolute Gasteiger partial charge is 0.338 e. The van der Waals surface area contributed by atoms with Gasteiger partial charge in [0.15, 0.2) is 6.79 Å². The summed E-state index contributed by atoms with van der Waals surface area (Å²) in [5.41, 5.74) is 3.81. The van der Waals surface area contributed by atoms with Gasteiger partial charge in [0.05, 0.1) is 24.0 Å². The van der Waals surface area contributed by atoms with Gasteiger partial charge in [0.1, 0.15) is 12.2 Å². The molecule has 0 aromatic heterocycles. The molecule has 0 aliphatic heterocycles. The van der Waals surface area contributed by atoms with Crippen LogP contribution >= 0.6 is 0 Å². The lowest BCUT2D eigenvalue weighted by atomic mass is 9.72. The van der Waals surface area contributed by atoms with E-state index in [1.807, 2.05) is 24.3 Å². The van der Waals surface area contributed by atoms with Crippen molar-refractivity contribution >= 4 is 11.9 Å². The number of benzene rings is 2. The van der Waals surface area contributed by atoms with Crippen LogP contribution < -0.4 is 0 Å². The first-order chi connectivity index (χ1) is 24.1. The van der Waals surface area contributed by atoms with Gasteiger partial charge in [-0.15, -0.1) is 0 Å². The maximum atomic E-state index is 12.9. The highest BCUT2D eigenvalue weighted by molar-refractivity contribution is 5.90. The topological polar surface area (TPSA) is 80.3 Å². The number of carbonyl (C=O) groups excluding carboxylic acids is 2. The molecule has 0 spiro atoms. The molecule has 49 heavy (non-hydrogen) atoms. The Hall–Kier alpha value is -3.16. The van der Waals surface area contributed by atoms with Crippen molar-refractivity contribution in [2.45, 2.75) is 128 Å². The van der Waals surface area contributed by atoms with Gasteiger partial charge >= 0.3 is 11.9 Å². The van der Waals surface area contributed by atoms with Gasteiger partial charge < -0.3 is 23.7 Å². The highest BCUT2D eigenvalue weighted by Gasteiger charge is 2.33. The number of carbonyl (C=O) groups is 2. The van der Waals surface area contributed by atoms with Gasteiger partial charge in [0, 0.05) is 13.7 Å². The first kappa shape index (κ1) is 38.6. The maximum absolute atomic E-state index is 12.9. The maximum Gasteiger partial charge on any atom is 0.338 e. The highest BCUT2D eigenvalue weighted by atomic mass is 16.7. The molecule has 0 bridgehead atoms. The molecule has 2 aliphatic rings. The summed E-state index contributed by atoms with van der Waals surface area (Å²) in [6, 6.07) is 15.9. The van der Waals surface area contributed by atoms with E-state index in [1.54, 1.807) is 7.11 Å². The summed E-state index contributed by atoms with van der Waals surface area (Å²) < 4.78 is 27.3. The van der Waals surface area contributed by atoms with Crippen LogP contribution in [0.2, 0.25) is 0 Å². The van der Waals surface area contributed by atoms with Crippen LogP contribution in [0.4, 0.5) is 0 Å². The van der Waals surface area contributed by atoms with Crippen LogP contribution in [0, 0.1) is 11.8 Å². The van der Waals surface area contributed by atoms with E-state index in [9.17, 15) is 9.59 Å². The van der Waals surface area contributed by atoms with E-state index < -0.39 is 0 Å². The Labute approximate surface area is 295 Å². The first-order valence-corrected chi connectivity index (χ1v) is 18.9. The number of aryl methyl sites for hydroxylation is 2. The molecule has 4 rings (SSSR count). The lowest BCUT2D eigenvalue weighted by Gasteiger charge is -2.37. The van der Waals surface area contributed by atoms with Crippen molar-refractivity contribution in [3.05, 3.63) is 83.6 Å². The normalized spacial score (nSPS) is 20.8. The third-order valence-electron chi connectivity index (χ3n) is 10.4. The molecule has 2 aliphatic carbocycles. The lowest BCUT2D eigenvalue weighted by Crippen LogP contribution is -2.32. The van der Waals surface area contributed by atoms with Gasteiger partial charge in [-0.3, -0.25) is 0 Å². The van der Waals surface area contributed by atoms with Crippen LogP contribution in [0.15, 0.2) is 61.4 Å². The average molecular weight is 677 g/mol. The number of esters is 2. The summed E-state index contributed by atoms with van der Waals surface area (Å²) in [4.78, 5) is 25.7. The van der Waals surface area contributed by atoms with E-state index in [2.05, 4.69) is 30.8 Å². The molecule has 7 nitrogen and oxygen atoms in total. The largest absolute Gasteiger partial charge is 0.476 e. The first-order valence-electron chi connectivity index (χ1n) is 18.9. The summed E-state index contributed by atoms with van der Waals surface area (Å²) in [7, 11) is 1.75. The molecule has 0 atom stereocenters. The second-order valence-electron chi connectivity index (χ2n) is 14.0. The monoisotopic (exact) mass is 676 g/mol. The molecule has 7 heteroatoms. The predicted octanol–water partition coefficient (Wildman–Crippen LogP) is 9.80. The Balaban J connectivity index is 1.06. The van der Waals surface area contributed by atoms with E-state index >= 15 is 0 Å². The highest BCUT2D eigenvalue weighted by Crippen LogP contribution is 2.40. The molecule has 0 heterocycles. The Morgan fingerprint density at radius 1 is 0.612 bits per heavy atom. The third kappa shape index (κ3) is 14.3. The summed E-state index contributed by atoms with van der Waals surface area (Å²) in [6.45, 7) is 5.31. The van der Waals surface area contributed by atoms with E-state index in [4.69, 9.17) is 23.7 Å². The van der Waals surface area contributed by atoms with Crippen LogP contribution in [0.25, 0.3) is 0 Å².